The highest BCUT2D eigenvalue weighted by atomic mass is 79.9. The Morgan fingerprint density at radius 2 is 1.50 bits per heavy atom. The van der Waals surface area contributed by atoms with Crippen LogP contribution in [0.3, 0.4) is 0 Å². The van der Waals surface area contributed by atoms with Crippen molar-refractivity contribution in [1.29, 1.82) is 5.26 Å². The number of nitriles is 1. The third-order valence-corrected chi connectivity index (χ3v) is 8.33. The molecule has 2 aliphatic heterocycles. The van der Waals surface area contributed by atoms with Crippen LogP contribution in [0.4, 0.5) is 0 Å². The van der Waals surface area contributed by atoms with Crippen LogP contribution in [0.2, 0.25) is 0 Å². The van der Waals surface area contributed by atoms with Gasteiger partial charge in [-0.3, -0.25) is 0 Å². The van der Waals surface area contributed by atoms with E-state index in [0.29, 0.717) is 5.92 Å². The standard InChI is InChI=1S/C29H37N2.BrH/c1-3-4-5-12-19-31(2)27-17-18-28(31)21-24(20-27)22-29(23-30,25-13-8-6-9-14-25)26-15-10-7-11-16-26;/h3,6-11,13-16,24,27-28H,1,4-5,12,17-22H2,2H3;1H/q+1;/p-1/t24?,27-,28+,31?;. The van der Waals surface area contributed by atoms with Crippen molar-refractivity contribution >= 4 is 0 Å². The van der Waals surface area contributed by atoms with Crippen molar-refractivity contribution in [3.8, 4) is 6.07 Å². The Morgan fingerprint density at radius 1 is 0.969 bits per heavy atom. The molecule has 2 unspecified atom stereocenters. The van der Waals surface area contributed by atoms with Gasteiger partial charge in [-0.2, -0.15) is 5.26 Å². The first kappa shape index (κ1) is 24.7. The van der Waals surface area contributed by atoms with Crippen LogP contribution in [-0.4, -0.2) is 30.2 Å². The van der Waals surface area contributed by atoms with Gasteiger partial charge in [0.1, 0.15) is 5.41 Å². The second kappa shape index (κ2) is 10.8. The van der Waals surface area contributed by atoms with Crippen molar-refractivity contribution in [2.24, 2.45) is 5.92 Å². The fourth-order valence-electron chi connectivity index (χ4n) is 6.58. The molecule has 2 aliphatic rings. The lowest BCUT2D eigenvalue weighted by molar-refractivity contribution is -0.949. The minimum atomic E-state index is -0.558. The van der Waals surface area contributed by atoms with E-state index in [0.717, 1.165) is 36.1 Å². The molecule has 4 rings (SSSR count). The zero-order chi connectivity index (χ0) is 21.7. The van der Waals surface area contributed by atoms with Gasteiger partial charge in [-0.25, -0.2) is 0 Å². The Hall–Kier alpha value is -1.89. The molecule has 0 radical (unpaired) electrons. The Labute approximate surface area is 205 Å². The van der Waals surface area contributed by atoms with E-state index in [1.807, 2.05) is 12.1 Å². The predicted octanol–water partition coefficient (Wildman–Crippen LogP) is 3.63. The normalized spacial score (nSPS) is 26.7. The highest BCUT2D eigenvalue weighted by Crippen LogP contribution is 2.48. The van der Waals surface area contributed by atoms with Gasteiger partial charge < -0.3 is 21.5 Å². The van der Waals surface area contributed by atoms with Crippen LogP contribution < -0.4 is 17.0 Å². The number of piperidine rings is 1. The summed E-state index contributed by atoms with van der Waals surface area (Å²) < 4.78 is 1.27. The van der Waals surface area contributed by atoms with Gasteiger partial charge in [0.05, 0.1) is 31.7 Å². The van der Waals surface area contributed by atoms with Crippen molar-refractivity contribution in [2.75, 3.05) is 13.6 Å². The third kappa shape index (κ3) is 4.73. The van der Waals surface area contributed by atoms with Crippen LogP contribution in [0.1, 0.15) is 62.5 Å². The van der Waals surface area contributed by atoms with Gasteiger partial charge in [0.2, 0.25) is 0 Å². The summed E-state index contributed by atoms with van der Waals surface area (Å²) in [6, 6.07) is 25.3. The van der Waals surface area contributed by atoms with Crippen molar-refractivity contribution in [3.63, 3.8) is 0 Å². The molecule has 0 aliphatic carbocycles. The molecular formula is C29H37BrN2. The Kier molecular flexibility index (Phi) is 8.37. The molecule has 2 heterocycles. The molecule has 4 atom stereocenters. The molecule has 2 fully saturated rings. The molecule has 2 bridgehead atoms. The largest absolute Gasteiger partial charge is 1.00 e. The number of quaternary nitrogens is 1. The molecule has 0 spiro atoms. The maximum Gasteiger partial charge on any atom is 0.107 e. The number of unbranched alkanes of at least 4 members (excludes halogenated alkanes) is 2. The number of hydrogen-bond donors (Lipinski definition) is 0. The molecule has 0 aromatic heterocycles. The number of allylic oxidation sites excluding steroid dienone is 1. The van der Waals surface area contributed by atoms with E-state index < -0.39 is 5.41 Å². The monoisotopic (exact) mass is 492 g/mol. The van der Waals surface area contributed by atoms with Crippen LogP contribution in [-0.2, 0) is 5.41 Å². The van der Waals surface area contributed by atoms with E-state index in [1.54, 1.807) is 0 Å². The summed E-state index contributed by atoms with van der Waals surface area (Å²) in [4.78, 5) is 0. The van der Waals surface area contributed by atoms with Gasteiger partial charge in [0.25, 0.3) is 0 Å². The van der Waals surface area contributed by atoms with Crippen LogP contribution >= 0.6 is 0 Å². The molecule has 0 amide bonds. The molecule has 2 saturated heterocycles. The van der Waals surface area contributed by atoms with Crippen molar-refractivity contribution in [2.45, 2.75) is 68.9 Å². The number of fused-ring (bicyclic) bond motifs is 2. The lowest BCUT2D eigenvalue weighted by Gasteiger charge is -2.48. The van der Waals surface area contributed by atoms with Crippen molar-refractivity contribution in [3.05, 3.63) is 84.4 Å². The summed E-state index contributed by atoms with van der Waals surface area (Å²) in [7, 11) is 2.51. The van der Waals surface area contributed by atoms with Crippen LogP contribution in [0.15, 0.2) is 73.3 Å². The number of rotatable bonds is 9. The molecule has 0 saturated carbocycles. The summed E-state index contributed by atoms with van der Waals surface area (Å²) in [6.45, 7) is 5.18. The molecular weight excluding hydrogens is 456 g/mol. The van der Waals surface area contributed by atoms with E-state index in [1.165, 1.54) is 49.6 Å². The fraction of sp³-hybridized carbons (Fsp3) is 0.483. The summed E-state index contributed by atoms with van der Waals surface area (Å²) in [5.41, 5.74) is 1.73. The Balaban J connectivity index is 0.00000289. The van der Waals surface area contributed by atoms with Gasteiger partial charge in [-0.05, 0) is 42.7 Å². The number of halogens is 1. The number of nitrogens with zero attached hydrogens (tertiary/aromatic N) is 2. The van der Waals surface area contributed by atoms with Gasteiger partial charge in [0.15, 0.2) is 0 Å². The number of benzene rings is 2. The first-order valence-corrected chi connectivity index (χ1v) is 12.1. The minimum absolute atomic E-state index is 0. The van der Waals surface area contributed by atoms with Crippen LogP contribution in [0.25, 0.3) is 0 Å². The fourth-order valence-corrected chi connectivity index (χ4v) is 6.58. The summed E-state index contributed by atoms with van der Waals surface area (Å²) in [6.07, 6.45) is 11.9. The minimum Gasteiger partial charge on any atom is -1.00 e. The van der Waals surface area contributed by atoms with Crippen LogP contribution in [0, 0.1) is 17.2 Å². The topological polar surface area (TPSA) is 23.8 Å². The van der Waals surface area contributed by atoms with Crippen LogP contribution in [0.5, 0.6) is 0 Å². The smallest absolute Gasteiger partial charge is 0.107 e. The number of hydrogen-bond acceptors (Lipinski definition) is 1. The van der Waals surface area contributed by atoms with Crippen molar-refractivity contribution < 1.29 is 21.5 Å². The lowest BCUT2D eigenvalue weighted by Crippen LogP contribution is -3.00. The highest BCUT2D eigenvalue weighted by molar-refractivity contribution is 5.45. The second-order valence-electron chi connectivity index (χ2n) is 10.0. The molecule has 2 nitrogen and oxygen atoms in total. The maximum atomic E-state index is 10.6. The third-order valence-electron chi connectivity index (χ3n) is 8.33. The molecule has 0 N–H and O–H groups in total. The summed E-state index contributed by atoms with van der Waals surface area (Å²) in [5, 5.41) is 10.6. The zero-order valence-corrected chi connectivity index (χ0v) is 21.0. The molecule has 2 aromatic carbocycles. The second-order valence-corrected chi connectivity index (χ2v) is 10.0. The predicted molar refractivity (Wildman–Crippen MR) is 129 cm³/mol. The summed E-state index contributed by atoms with van der Waals surface area (Å²) in [5.74, 6) is 0.608. The first-order chi connectivity index (χ1) is 15.1. The van der Waals surface area contributed by atoms with Gasteiger partial charge in [-0.1, -0.05) is 66.7 Å². The van der Waals surface area contributed by atoms with Gasteiger partial charge >= 0.3 is 0 Å². The average Bonchev–Trinajstić information content (AvgIpc) is 2.98. The molecule has 170 valence electrons. The molecule has 3 heteroatoms. The van der Waals surface area contributed by atoms with E-state index in [4.69, 9.17) is 0 Å². The SMILES string of the molecule is C=CCCCC[N+]1(C)[C@@H]2CC[C@H]1CC(CC(C#N)(c1ccccc1)c1ccccc1)C2.[Br-]. The first-order valence-electron chi connectivity index (χ1n) is 12.1. The van der Waals surface area contributed by atoms with E-state index in [2.05, 4.69) is 74.3 Å². The Morgan fingerprint density at radius 3 is 1.97 bits per heavy atom. The average molecular weight is 494 g/mol. The maximum absolute atomic E-state index is 10.6. The lowest BCUT2D eigenvalue weighted by atomic mass is 9.67. The van der Waals surface area contributed by atoms with E-state index in [-0.39, 0.29) is 17.0 Å². The van der Waals surface area contributed by atoms with E-state index in [9.17, 15) is 5.26 Å². The zero-order valence-electron chi connectivity index (χ0n) is 19.4. The summed E-state index contributed by atoms with van der Waals surface area (Å²) >= 11 is 0. The van der Waals surface area contributed by atoms with Crippen molar-refractivity contribution in [1.82, 2.24) is 0 Å². The van der Waals surface area contributed by atoms with E-state index >= 15 is 0 Å². The Bertz CT molecular complexity index is 848. The highest BCUT2D eigenvalue weighted by Gasteiger charge is 2.52. The quantitative estimate of drug-likeness (QED) is 0.297. The molecule has 32 heavy (non-hydrogen) atoms. The molecule has 2 aromatic rings. The van der Waals surface area contributed by atoms with Gasteiger partial charge in [-0.15, -0.1) is 6.58 Å². The van der Waals surface area contributed by atoms with Gasteiger partial charge in [0, 0.05) is 25.7 Å².